The molecule has 0 radical (unpaired) electrons. The third-order valence-corrected chi connectivity index (χ3v) is 2.09. The Kier molecular flexibility index (Phi) is 3.40. The molecule has 0 unspecified atom stereocenters. The zero-order valence-corrected chi connectivity index (χ0v) is 9.67. The summed E-state index contributed by atoms with van der Waals surface area (Å²) < 4.78 is 61.3. The molecule has 0 aliphatic carbocycles. The smallest absolute Gasteiger partial charge is 0.433 e. The van der Waals surface area contributed by atoms with Gasteiger partial charge in [0.25, 0.3) is 0 Å². The van der Waals surface area contributed by atoms with Crippen LogP contribution >= 0.6 is 10.4 Å². The zero-order valence-electron chi connectivity index (χ0n) is 8.85. The van der Waals surface area contributed by atoms with Gasteiger partial charge >= 0.3 is 22.2 Å². The third-order valence-electron chi connectivity index (χ3n) is 1.54. The van der Waals surface area contributed by atoms with Gasteiger partial charge < -0.3 is 4.74 Å². The summed E-state index contributed by atoms with van der Waals surface area (Å²) in [5.74, 6) is 0. The molecule has 0 spiro atoms. The van der Waals surface area contributed by atoms with Crippen molar-refractivity contribution in [3.05, 3.63) is 20.2 Å². The average Bonchev–Trinajstić information content (AvgIpc) is 2.08. The van der Waals surface area contributed by atoms with Crippen LogP contribution in [-0.2, 0) is 4.74 Å². The van der Waals surface area contributed by atoms with Crippen molar-refractivity contribution in [2.24, 2.45) is 0 Å². The normalized spacial score (nSPS) is 15.9. The molecule has 0 aromatic heterocycles. The van der Waals surface area contributed by atoms with Crippen molar-refractivity contribution in [2.45, 2.75) is 12.6 Å². The maximum atomic E-state index is 11.7. The summed E-state index contributed by atoms with van der Waals surface area (Å²) in [6.07, 6.45) is -2.78. The molecule has 1 amide bonds. The number of carbonyl (C=O) groups is 1. The van der Waals surface area contributed by atoms with Gasteiger partial charge in [0, 0.05) is 0 Å². The van der Waals surface area contributed by atoms with Crippen LogP contribution in [0.15, 0.2) is 0 Å². The Morgan fingerprint density at radius 2 is 1.58 bits per heavy atom. The number of amides is 1. The van der Waals surface area contributed by atoms with E-state index in [9.17, 15) is 44.5 Å². The first-order chi connectivity index (χ1) is 7.96. The van der Waals surface area contributed by atoms with Gasteiger partial charge in [-0.3, -0.25) is 20.2 Å². The molecule has 0 aromatic carbocycles. The summed E-state index contributed by atoms with van der Waals surface area (Å²) in [4.78, 5) is 27.9. The number of hydrogen-bond acceptors (Lipinski definition) is 6. The van der Waals surface area contributed by atoms with Gasteiger partial charge in [-0.15, -0.1) is 0 Å². The Hall–Kier alpha value is -1.93. The van der Waals surface area contributed by atoms with Gasteiger partial charge in [-0.2, -0.15) is 4.72 Å². The summed E-state index contributed by atoms with van der Waals surface area (Å²) in [7, 11) is -10.3. The highest BCUT2D eigenvalue weighted by molar-refractivity contribution is 8.44. The molecule has 9 nitrogen and oxygen atoms in total. The number of nitrogens with one attached hydrogen (secondary N) is 1. The molecule has 0 aliphatic heterocycles. The Labute approximate surface area is 100 Å². The van der Waals surface area contributed by atoms with Crippen LogP contribution in [0.4, 0.5) is 24.2 Å². The molecule has 15 heteroatoms. The molecule has 0 rings (SSSR count). The molecule has 0 heterocycles. The standard InChI is InChI=1S/C4H6F5N3O6S/c1-4(11(14)15,12(16)17)2-18-3(13)10-19(5,6,7,8)9/h2H2,1H3,(H,10,13). The van der Waals surface area contributed by atoms with Crippen LogP contribution in [0.2, 0.25) is 0 Å². The van der Waals surface area contributed by atoms with Crippen molar-refractivity contribution < 1.29 is 38.8 Å². The van der Waals surface area contributed by atoms with Crippen molar-refractivity contribution >= 4 is 16.5 Å². The second kappa shape index (κ2) is 3.78. The first-order valence-electron chi connectivity index (χ1n) is 3.95. The topological polar surface area (TPSA) is 125 Å². The predicted octanol–water partition coefficient (Wildman–Crippen LogP) is 2.20. The van der Waals surface area contributed by atoms with Crippen LogP contribution in [0.1, 0.15) is 6.92 Å². The second-order valence-corrected chi connectivity index (χ2v) is 5.52. The van der Waals surface area contributed by atoms with Gasteiger partial charge in [0.15, 0.2) is 0 Å². The fraction of sp³-hybridized carbons (Fsp3) is 0.750. The van der Waals surface area contributed by atoms with Crippen LogP contribution in [0, 0.1) is 20.2 Å². The molecular weight excluding hydrogens is 313 g/mol. The van der Waals surface area contributed by atoms with Crippen LogP contribution < -0.4 is 4.72 Å². The van der Waals surface area contributed by atoms with Crippen molar-refractivity contribution in [1.29, 1.82) is 0 Å². The monoisotopic (exact) mass is 319 g/mol. The third kappa shape index (κ3) is 5.98. The summed E-state index contributed by atoms with van der Waals surface area (Å²) in [6, 6.07) is 0. The van der Waals surface area contributed by atoms with E-state index in [4.69, 9.17) is 0 Å². The molecule has 0 aromatic rings. The van der Waals surface area contributed by atoms with E-state index >= 15 is 0 Å². The van der Waals surface area contributed by atoms with Crippen molar-refractivity contribution in [2.75, 3.05) is 6.61 Å². The maximum absolute atomic E-state index is 11.7. The van der Waals surface area contributed by atoms with Gasteiger partial charge in [-0.05, 0) is 0 Å². The van der Waals surface area contributed by atoms with Gasteiger partial charge in [-0.1, -0.05) is 19.4 Å². The van der Waals surface area contributed by atoms with Crippen molar-refractivity contribution in [3.8, 4) is 0 Å². The lowest BCUT2D eigenvalue weighted by molar-refractivity contribution is -0.793. The number of nitro groups is 2. The fourth-order valence-corrected chi connectivity index (χ4v) is 0.935. The van der Waals surface area contributed by atoms with Gasteiger partial charge in [0.1, 0.15) is 9.85 Å². The maximum Gasteiger partial charge on any atom is 0.488 e. The summed E-state index contributed by atoms with van der Waals surface area (Å²) in [5.41, 5.74) is -3.16. The van der Waals surface area contributed by atoms with E-state index in [1.165, 1.54) is 0 Å². The zero-order chi connectivity index (χ0) is 15.8. The van der Waals surface area contributed by atoms with Crippen LogP contribution in [0.5, 0.6) is 0 Å². The lowest BCUT2D eigenvalue weighted by Crippen LogP contribution is -2.49. The number of nitrogens with zero attached hydrogens (tertiary/aromatic N) is 2. The van der Waals surface area contributed by atoms with Gasteiger partial charge in [0.2, 0.25) is 6.61 Å². The Morgan fingerprint density at radius 3 is 1.84 bits per heavy atom. The molecule has 0 fully saturated rings. The highest BCUT2D eigenvalue weighted by atomic mass is 32.5. The Balaban J connectivity index is 4.81. The highest BCUT2D eigenvalue weighted by Gasteiger charge is 2.66. The molecule has 0 atom stereocenters. The minimum Gasteiger partial charge on any atom is -0.433 e. The molecular formula is C4H6F5N3O6S. The molecule has 0 saturated heterocycles. The van der Waals surface area contributed by atoms with E-state index in [0.717, 1.165) is 0 Å². The van der Waals surface area contributed by atoms with Gasteiger partial charge in [-0.25, -0.2) is 4.79 Å². The molecule has 0 bridgehead atoms. The number of rotatable bonds is 5. The van der Waals surface area contributed by atoms with E-state index in [1.807, 2.05) is 0 Å². The fourth-order valence-electron chi connectivity index (χ4n) is 0.561. The summed E-state index contributed by atoms with van der Waals surface area (Å²) >= 11 is 0. The molecule has 19 heavy (non-hydrogen) atoms. The van der Waals surface area contributed by atoms with Crippen molar-refractivity contribution in [1.82, 2.24) is 4.72 Å². The van der Waals surface area contributed by atoms with E-state index < -0.39 is 43.3 Å². The summed E-state index contributed by atoms with van der Waals surface area (Å²) in [6.45, 7) is -1.45. The highest BCUT2D eigenvalue weighted by Crippen LogP contribution is 2.94. The Morgan fingerprint density at radius 1 is 1.21 bits per heavy atom. The van der Waals surface area contributed by atoms with E-state index in [2.05, 4.69) is 4.74 Å². The molecule has 1 N–H and O–H groups in total. The first kappa shape index (κ1) is 17.1. The largest absolute Gasteiger partial charge is 0.488 e. The van der Waals surface area contributed by atoms with Crippen LogP contribution in [0.25, 0.3) is 0 Å². The van der Waals surface area contributed by atoms with Crippen LogP contribution in [0.3, 0.4) is 0 Å². The number of halogens is 5. The predicted molar refractivity (Wildman–Crippen MR) is 50.0 cm³/mol. The molecule has 114 valence electrons. The minimum absolute atomic E-state index is 0.319. The lowest BCUT2D eigenvalue weighted by atomic mass is 10.2. The molecule has 0 aliphatic rings. The first-order valence-corrected chi connectivity index (χ1v) is 5.90. The average molecular weight is 319 g/mol. The quantitative estimate of drug-likeness (QED) is 0.358. The number of carbonyl (C=O) groups excluding carboxylic acids is 1. The van der Waals surface area contributed by atoms with Crippen molar-refractivity contribution in [3.63, 3.8) is 0 Å². The van der Waals surface area contributed by atoms with Crippen LogP contribution in [-0.4, -0.2) is 28.2 Å². The Bertz CT molecular complexity index is 421. The number of hydrogen-bond donors (Lipinski definition) is 1. The SMILES string of the molecule is CC(COC(=O)NS(F)(F)(F)(F)F)([N+](=O)[O-])[N+](=O)[O-]. The van der Waals surface area contributed by atoms with E-state index in [1.54, 1.807) is 0 Å². The minimum atomic E-state index is -10.3. The lowest BCUT2D eigenvalue weighted by Gasteiger charge is -2.39. The number of ether oxygens (including phenoxy) is 1. The van der Waals surface area contributed by atoms with E-state index in [0.29, 0.717) is 6.92 Å². The van der Waals surface area contributed by atoms with Gasteiger partial charge in [0.05, 0.1) is 6.92 Å². The van der Waals surface area contributed by atoms with E-state index in [-0.39, 0.29) is 0 Å². The second-order valence-electron chi connectivity index (χ2n) is 3.38. The summed E-state index contributed by atoms with van der Waals surface area (Å²) in [5, 5.41) is 20.6. The molecule has 0 saturated carbocycles.